The fourth-order valence-electron chi connectivity index (χ4n) is 2.33. The first-order chi connectivity index (χ1) is 9.02. The zero-order chi connectivity index (χ0) is 14.0. The number of nitrogens with one attached hydrogen (secondary N) is 1. The molecule has 0 atom stereocenters. The maximum Gasteiger partial charge on any atom is 0.151 e. The summed E-state index contributed by atoms with van der Waals surface area (Å²) in [4.78, 5) is 0. The number of hydrogen-bond acceptors (Lipinski definition) is 3. The molecule has 1 heterocycles. The molecule has 3 nitrogen and oxygen atoms in total. The van der Waals surface area contributed by atoms with E-state index in [1.54, 1.807) is 0 Å². The molecule has 0 spiro atoms. The fourth-order valence-corrected chi connectivity index (χ4v) is 2.33. The van der Waals surface area contributed by atoms with Crippen LogP contribution in [-0.2, 0) is 0 Å². The van der Waals surface area contributed by atoms with Crippen LogP contribution in [0.4, 0.5) is 5.82 Å². The van der Waals surface area contributed by atoms with E-state index in [9.17, 15) is 0 Å². The molecule has 0 aliphatic carbocycles. The molecular weight excluding hydrogens is 234 g/mol. The lowest BCUT2D eigenvalue weighted by atomic mass is 10.00. The van der Waals surface area contributed by atoms with Gasteiger partial charge in [0.25, 0.3) is 0 Å². The monoisotopic (exact) mass is 255 g/mol. The third kappa shape index (κ3) is 2.75. The van der Waals surface area contributed by atoms with Crippen LogP contribution in [0.3, 0.4) is 0 Å². The van der Waals surface area contributed by atoms with Crippen LogP contribution in [0.25, 0.3) is 11.3 Å². The van der Waals surface area contributed by atoms with Gasteiger partial charge >= 0.3 is 0 Å². The molecule has 0 saturated carbocycles. The minimum Gasteiger partial charge on any atom is -0.369 e. The Labute approximate surface area is 115 Å². The summed E-state index contributed by atoms with van der Waals surface area (Å²) in [5.41, 5.74) is 7.00. The van der Waals surface area contributed by atoms with Crippen molar-refractivity contribution in [2.45, 2.75) is 34.6 Å². The first-order valence-corrected chi connectivity index (χ1v) is 6.69. The fraction of sp³-hybridized carbons (Fsp3) is 0.375. The number of rotatable bonds is 3. The molecule has 0 aliphatic rings. The minimum atomic E-state index is 0.859. The molecule has 3 heteroatoms. The number of nitrogens with zero attached hydrogens (tertiary/aromatic N) is 2. The summed E-state index contributed by atoms with van der Waals surface area (Å²) in [5, 5.41) is 11.9. The predicted molar refractivity (Wildman–Crippen MR) is 80.6 cm³/mol. The van der Waals surface area contributed by atoms with Gasteiger partial charge in [0.15, 0.2) is 5.82 Å². The van der Waals surface area contributed by atoms with E-state index in [0.29, 0.717) is 0 Å². The van der Waals surface area contributed by atoms with E-state index >= 15 is 0 Å². The number of benzene rings is 1. The predicted octanol–water partition coefficient (Wildman–Crippen LogP) is 3.81. The van der Waals surface area contributed by atoms with Crippen molar-refractivity contribution in [1.82, 2.24) is 10.2 Å². The molecule has 0 aliphatic heterocycles. The van der Waals surface area contributed by atoms with Crippen LogP contribution in [-0.4, -0.2) is 16.7 Å². The smallest absolute Gasteiger partial charge is 0.151 e. The maximum absolute atomic E-state index is 4.40. The van der Waals surface area contributed by atoms with Crippen LogP contribution in [0.1, 0.15) is 29.2 Å². The number of aromatic nitrogens is 2. The van der Waals surface area contributed by atoms with Crippen molar-refractivity contribution in [3.05, 3.63) is 40.5 Å². The molecule has 0 saturated heterocycles. The molecular formula is C16H21N3. The van der Waals surface area contributed by atoms with Crippen LogP contribution >= 0.6 is 0 Å². The van der Waals surface area contributed by atoms with Gasteiger partial charge in [0, 0.05) is 12.1 Å². The van der Waals surface area contributed by atoms with Crippen LogP contribution in [0.15, 0.2) is 18.2 Å². The van der Waals surface area contributed by atoms with Crippen molar-refractivity contribution in [1.29, 1.82) is 0 Å². The standard InChI is InChI=1S/C16H21N3/c1-6-17-16-13(5)12(4)15(18-19-16)14-8-10(2)7-11(3)9-14/h7-9H,6H2,1-5H3,(H,17,19). The van der Waals surface area contributed by atoms with Crippen LogP contribution in [0.5, 0.6) is 0 Å². The maximum atomic E-state index is 4.40. The summed E-state index contributed by atoms with van der Waals surface area (Å²) in [7, 11) is 0. The van der Waals surface area contributed by atoms with Crippen LogP contribution in [0.2, 0.25) is 0 Å². The first-order valence-electron chi connectivity index (χ1n) is 6.69. The Kier molecular flexibility index (Phi) is 3.84. The highest BCUT2D eigenvalue weighted by Gasteiger charge is 2.11. The average Bonchev–Trinajstić information content (AvgIpc) is 2.34. The van der Waals surface area contributed by atoms with E-state index < -0.39 is 0 Å². The molecule has 19 heavy (non-hydrogen) atoms. The number of aryl methyl sites for hydroxylation is 2. The van der Waals surface area contributed by atoms with Gasteiger partial charge in [-0.15, -0.1) is 10.2 Å². The van der Waals surface area contributed by atoms with Gasteiger partial charge < -0.3 is 5.32 Å². The van der Waals surface area contributed by atoms with Crippen molar-refractivity contribution in [2.24, 2.45) is 0 Å². The van der Waals surface area contributed by atoms with Crippen molar-refractivity contribution < 1.29 is 0 Å². The largest absolute Gasteiger partial charge is 0.369 e. The molecule has 1 N–H and O–H groups in total. The van der Waals surface area contributed by atoms with Crippen LogP contribution < -0.4 is 5.32 Å². The van der Waals surface area contributed by atoms with E-state index in [1.807, 2.05) is 0 Å². The zero-order valence-corrected chi connectivity index (χ0v) is 12.3. The third-order valence-electron chi connectivity index (χ3n) is 3.36. The second kappa shape index (κ2) is 5.39. The van der Waals surface area contributed by atoms with E-state index in [-0.39, 0.29) is 0 Å². The van der Waals surface area contributed by atoms with Crippen molar-refractivity contribution in [3.8, 4) is 11.3 Å². The topological polar surface area (TPSA) is 37.8 Å². The molecule has 2 aromatic rings. The molecule has 0 radical (unpaired) electrons. The lowest BCUT2D eigenvalue weighted by Crippen LogP contribution is -2.06. The van der Waals surface area contributed by atoms with Crippen molar-refractivity contribution in [3.63, 3.8) is 0 Å². The molecule has 0 amide bonds. The molecule has 0 unspecified atom stereocenters. The SMILES string of the molecule is CCNc1nnc(-c2cc(C)cc(C)c2)c(C)c1C. The van der Waals surface area contributed by atoms with Gasteiger partial charge in [0.05, 0.1) is 5.69 Å². The third-order valence-corrected chi connectivity index (χ3v) is 3.36. The molecule has 0 fully saturated rings. The van der Waals surface area contributed by atoms with E-state index in [0.717, 1.165) is 23.6 Å². The normalized spacial score (nSPS) is 10.6. The summed E-state index contributed by atoms with van der Waals surface area (Å²) < 4.78 is 0. The van der Waals surface area contributed by atoms with Gasteiger partial charge in [-0.05, 0) is 57.9 Å². The van der Waals surface area contributed by atoms with Crippen molar-refractivity contribution in [2.75, 3.05) is 11.9 Å². The molecule has 100 valence electrons. The molecule has 0 bridgehead atoms. The number of anilines is 1. The Bertz CT molecular complexity index is 583. The first kappa shape index (κ1) is 13.5. The van der Waals surface area contributed by atoms with Crippen LogP contribution in [0, 0.1) is 27.7 Å². The highest BCUT2D eigenvalue weighted by atomic mass is 15.2. The number of hydrogen-bond donors (Lipinski definition) is 1. The van der Waals surface area contributed by atoms with E-state index in [2.05, 4.69) is 68.3 Å². The van der Waals surface area contributed by atoms with Gasteiger partial charge in [0.2, 0.25) is 0 Å². The Morgan fingerprint density at radius 2 is 1.53 bits per heavy atom. The van der Waals surface area contributed by atoms with Gasteiger partial charge in [-0.2, -0.15) is 0 Å². The lowest BCUT2D eigenvalue weighted by Gasteiger charge is -2.12. The lowest BCUT2D eigenvalue weighted by molar-refractivity contribution is 0.986. The summed E-state index contributed by atoms with van der Waals surface area (Å²) in [5.74, 6) is 0.883. The van der Waals surface area contributed by atoms with E-state index in [4.69, 9.17) is 0 Å². The quantitative estimate of drug-likeness (QED) is 0.906. The summed E-state index contributed by atoms with van der Waals surface area (Å²) >= 11 is 0. The highest BCUT2D eigenvalue weighted by Crippen LogP contribution is 2.27. The van der Waals surface area contributed by atoms with Gasteiger partial charge in [-0.25, -0.2) is 0 Å². The second-order valence-corrected chi connectivity index (χ2v) is 5.05. The second-order valence-electron chi connectivity index (χ2n) is 5.05. The molecule has 1 aromatic carbocycles. The van der Waals surface area contributed by atoms with Gasteiger partial charge in [-0.1, -0.05) is 17.2 Å². The zero-order valence-electron chi connectivity index (χ0n) is 12.3. The Balaban J connectivity index is 2.54. The highest BCUT2D eigenvalue weighted by molar-refractivity contribution is 5.67. The van der Waals surface area contributed by atoms with E-state index in [1.165, 1.54) is 22.3 Å². The molecule has 1 aromatic heterocycles. The Morgan fingerprint density at radius 1 is 0.895 bits per heavy atom. The summed E-state index contributed by atoms with van der Waals surface area (Å²) in [6.45, 7) is 11.3. The Morgan fingerprint density at radius 3 is 2.11 bits per heavy atom. The molecule has 2 rings (SSSR count). The average molecular weight is 255 g/mol. The van der Waals surface area contributed by atoms with Gasteiger partial charge in [0.1, 0.15) is 0 Å². The minimum absolute atomic E-state index is 0.859. The van der Waals surface area contributed by atoms with Crippen molar-refractivity contribution >= 4 is 5.82 Å². The Hall–Kier alpha value is -1.90. The van der Waals surface area contributed by atoms with Gasteiger partial charge in [-0.3, -0.25) is 0 Å². The summed E-state index contributed by atoms with van der Waals surface area (Å²) in [6, 6.07) is 6.50. The summed E-state index contributed by atoms with van der Waals surface area (Å²) in [6.07, 6.45) is 0.